The summed E-state index contributed by atoms with van der Waals surface area (Å²) >= 11 is 0. The highest BCUT2D eigenvalue weighted by Gasteiger charge is 2.15. The Morgan fingerprint density at radius 3 is 0.847 bits per heavy atom. The van der Waals surface area contributed by atoms with Gasteiger partial charge in [-0.25, -0.2) is 0 Å². The number of rotatable bonds is 14. The lowest BCUT2D eigenvalue weighted by molar-refractivity contribution is -0.384. The second kappa shape index (κ2) is 27.7. The van der Waals surface area contributed by atoms with Crippen molar-refractivity contribution in [2.75, 3.05) is 0 Å². The molecular formula is C62H55NO9. The molecule has 0 aliphatic carbocycles. The number of carbonyl (C=O) groups is 7. The molecule has 0 aliphatic rings. The van der Waals surface area contributed by atoms with Crippen LogP contribution in [-0.4, -0.2) is 45.9 Å². The number of para-hydroxylation sites is 1. The van der Waals surface area contributed by atoms with Crippen molar-refractivity contribution in [3.05, 3.63) is 270 Å². The Morgan fingerprint density at radius 1 is 0.375 bits per heavy atom. The fourth-order valence-corrected chi connectivity index (χ4v) is 6.67. The van der Waals surface area contributed by atoms with Crippen LogP contribution in [0.25, 0.3) is 18.2 Å². The van der Waals surface area contributed by atoms with Crippen molar-refractivity contribution in [1.29, 1.82) is 0 Å². The number of hydrogen-bond acceptors (Lipinski definition) is 9. The summed E-state index contributed by atoms with van der Waals surface area (Å²) in [5.74, 6) is -1.31. The largest absolute Gasteiger partial charge is 0.298 e. The number of ketones is 6. The Balaban J connectivity index is 0.000000273. The van der Waals surface area contributed by atoms with E-state index in [4.69, 9.17) is 0 Å². The third kappa shape index (κ3) is 17.4. The zero-order chi connectivity index (χ0) is 52.7. The van der Waals surface area contributed by atoms with Crippen LogP contribution >= 0.6 is 0 Å². The van der Waals surface area contributed by atoms with Crippen molar-refractivity contribution in [2.24, 2.45) is 0 Å². The molecule has 0 fully saturated rings. The number of aryl methyl sites for hydroxylation is 4. The minimum absolute atomic E-state index is 0.137. The molecule has 0 atom stereocenters. The molecule has 72 heavy (non-hydrogen) atoms. The van der Waals surface area contributed by atoms with Crippen molar-refractivity contribution in [3.63, 3.8) is 0 Å². The van der Waals surface area contributed by atoms with E-state index in [1.807, 2.05) is 125 Å². The van der Waals surface area contributed by atoms with Crippen LogP contribution in [0.1, 0.15) is 132 Å². The summed E-state index contributed by atoms with van der Waals surface area (Å²) in [5, 5.41) is 10.0. The summed E-state index contributed by atoms with van der Waals surface area (Å²) in [7, 11) is 0. The summed E-state index contributed by atoms with van der Waals surface area (Å²) in [4.78, 5) is 92.9. The van der Waals surface area contributed by atoms with Gasteiger partial charge in [0, 0.05) is 51.1 Å². The topological polar surface area (TPSA) is 163 Å². The predicted molar refractivity (Wildman–Crippen MR) is 286 cm³/mol. The normalized spacial score (nSPS) is 10.5. The van der Waals surface area contributed by atoms with Crippen LogP contribution in [0.3, 0.4) is 0 Å². The summed E-state index contributed by atoms with van der Waals surface area (Å²) < 4.78 is 0. The second-order valence-corrected chi connectivity index (χ2v) is 16.5. The molecule has 10 heteroatoms. The monoisotopic (exact) mass is 957 g/mol. The maximum absolute atomic E-state index is 13.2. The second-order valence-electron chi connectivity index (χ2n) is 16.5. The first kappa shape index (κ1) is 55.4. The lowest BCUT2D eigenvalue weighted by Crippen LogP contribution is -2.05. The van der Waals surface area contributed by atoms with Gasteiger partial charge in [0.05, 0.1) is 4.92 Å². The van der Waals surface area contributed by atoms with E-state index in [0.717, 1.165) is 50.8 Å². The van der Waals surface area contributed by atoms with Gasteiger partial charge in [-0.3, -0.25) is 43.7 Å². The molecule has 7 aromatic rings. The molecule has 0 heterocycles. The summed E-state index contributed by atoms with van der Waals surface area (Å²) in [5.41, 5.74) is 9.89. The van der Waals surface area contributed by atoms with Crippen LogP contribution in [0.5, 0.6) is 0 Å². The van der Waals surface area contributed by atoms with Crippen LogP contribution in [0.2, 0.25) is 0 Å². The number of allylic oxidation sites excluding steroid dienone is 3. The molecular weight excluding hydrogens is 903 g/mol. The quantitative estimate of drug-likeness (QED) is 0.0339. The maximum Gasteiger partial charge on any atom is 0.269 e. The van der Waals surface area contributed by atoms with Gasteiger partial charge in [-0.2, -0.15) is 0 Å². The average Bonchev–Trinajstić information content (AvgIpc) is 3.38. The zero-order valence-corrected chi connectivity index (χ0v) is 41.3. The Hall–Kier alpha value is -9.15. The third-order valence-electron chi connectivity index (χ3n) is 11.0. The van der Waals surface area contributed by atoms with Gasteiger partial charge in [-0.15, -0.1) is 0 Å². The van der Waals surface area contributed by atoms with E-state index in [-0.39, 0.29) is 57.1 Å². The van der Waals surface area contributed by atoms with Crippen molar-refractivity contribution >= 4 is 64.9 Å². The number of Topliss-reactive ketones (excluding diaryl/α,β-unsaturated/α-hetero) is 3. The fraction of sp³-hybridized carbons (Fsp3) is 0.113. The van der Waals surface area contributed by atoms with Crippen molar-refractivity contribution < 1.29 is 38.5 Å². The van der Waals surface area contributed by atoms with Gasteiger partial charge in [0.15, 0.2) is 34.7 Å². The molecule has 0 N–H and O–H groups in total. The molecule has 7 aromatic carbocycles. The smallest absolute Gasteiger partial charge is 0.269 e. The molecule has 0 radical (unpaired) electrons. The summed E-state index contributed by atoms with van der Waals surface area (Å²) in [6.45, 7) is 12.1. The molecule has 0 saturated carbocycles. The number of aldehydes is 1. The Morgan fingerprint density at radius 2 is 0.625 bits per heavy atom. The number of nitrogens with zero attached hydrogens (tertiary/aromatic N) is 1. The lowest BCUT2D eigenvalue weighted by atomic mass is 9.96. The molecule has 0 saturated heterocycles. The number of nitro groups is 1. The number of carbonyl (C=O) groups excluding carboxylic acids is 7. The predicted octanol–water partition coefficient (Wildman–Crippen LogP) is 14.0. The number of non-ortho nitro benzene ring substituents is 1. The first-order valence-corrected chi connectivity index (χ1v) is 22.8. The van der Waals surface area contributed by atoms with Crippen LogP contribution < -0.4 is 0 Å². The van der Waals surface area contributed by atoms with E-state index in [0.29, 0.717) is 16.7 Å². The standard InChI is InChI=1S/C36H30O3.C12H12O3.C8H8O.C6H5NO2/c1-25-10-4-7-13-28(25)16-19-34(37)31-22-32(35(38)20-17-29-14-8-5-11-26(29)2)24-33(23-31)36(39)21-18-30-15-9-6-12-27(30)3;1-7(13)10-4-11(8(2)14)6-12(5-10)9(3)15;1-7-4-2-3-5-8(7)6-9;8-7(9)6-4-2-1-3-5-6/h4-24H,1-3H3;4-6H,1-3H3;2-6H,1H3;1-5H/b19-16+,20-17+,21-18+;;;. The average molecular weight is 958 g/mol. The number of hydrogen-bond donors (Lipinski definition) is 0. The Kier molecular flexibility index (Phi) is 21.4. The Labute approximate surface area is 420 Å². The number of benzene rings is 7. The third-order valence-corrected chi connectivity index (χ3v) is 11.0. The first-order valence-electron chi connectivity index (χ1n) is 22.8. The highest BCUT2D eigenvalue weighted by atomic mass is 16.6. The van der Waals surface area contributed by atoms with E-state index >= 15 is 0 Å². The molecule has 0 bridgehead atoms. The zero-order valence-electron chi connectivity index (χ0n) is 41.3. The van der Waals surface area contributed by atoms with Crippen LogP contribution in [-0.2, 0) is 0 Å². The molecule has 0 unspecified atom stereocenters. The maximum atomic E-state index is 13.2. The molecule has 0 amide bonds. The summed E-state index contributed by atoms with van der Waals surface area (Å²) in [6.07, 6.45) is 10.6. The molecule has 7 rings (SSSR count). The van der Waals surface area contributed by atoms with Gasteiger partial charge in [0.25, 0.3) is 5.69 Å². The molecule has 362 valence electrons. The minimum Gasteiger partial charge on any atom is -0.298 e. The van der Waals surface area contributed by atoms with Crippen LogP contribution in [0.4, 0.5) is 5.69 Å². The van der Waals surface area contributed by atoms with Gasteiger partial charge in [-0.1, -0.05) is 133 Å². The first-order chi connectivity index (χ1) is 34.4. The van der Waals surface area contributed by atoms with E-state index < -0.39 is 4.92 Å². The van der Waals surface area contributed by atoms with Crippen molar-refractivity contribution in [1.82, 2.24) is 0 Å². The molecule has 0 spiro atoms. The van der Waals surface area contributed by atoms with E-state index in [1.165, 1.54) is 69.3 Å². The fourth-order valence-electron chi connectivity index (χ4n) is 6.67. The van der Waals surface area contributed by atoms with Gasteiger partial charge in [0.2, 0.25) is 0 Å². The van der Waals surface area contributed by atoms with E-state index in [1.54, 1.807) is 54.6 Å². The molecule has 10 nitrogen and oxygen atoms in total. The van der Waals surface area contributed by atoms with Crippen LogP contribution in [0, 0.1) is 37.8 Å². The number of nitro benzene ring substituents is 1. The molecule has 0 aliphatic heterocycles. The van der Waals surface area contributed by atoms with Crippen LogP contribution in [0.15, 0.2) is 182 Å². The van der Waals surface area contributed by atoms with Gasteiger partial charge < -0.3 is 0 Å². The summed E-state index contributed by atoms with van der Waals surface area (Å²) in [6, 6.07) is 47.9. The molecule has 0 aromatic heterocycles. The lowest BCUT2D eigenvalue weighted by Gasteiger charge is -2.06. The van der Waals surface area contributed by atoms with Gasteiger partial charge in [-0.05, 0) is 142 Å². The van der Waals surface area contributed by atoms with E-state index in [2.05, 4.69) is 0 Å². The van der Waals surface area contributed by atoms with Crippen molar-refractivity contribution in [3.8, 4) is 0 Å². The van der Waals surface area contributed by atoms with Crippen molar-refractivity contribution in [2.45, 2.75) is 48.5 Å². The minimum atomic E-state index is -0.417. The Bertz CT molecular complexity index is 2930. The highest BCUT2D eigenvalue weighted by Crippen LogP contribution is 2.19. The van der Waals surface area contributed by atoms with Gasteiger partial charge >= 0.3 is 0 Å². The van der Waals surface area contributed by atoms with Gasteiger partial charge in [0.1, 0.15) is 6.29 Å². The SMILES string of the molecule is CC(=O)c1cc(C(C)=O)cc(C(C)=O)c1.Cc1ccccc1/C=C/C(=O)c1cc(C(=O)/C=C/c2ccccc2C)cc(C(=O)/C=C/c2ccccc2C)c1.Cc1ccccc1C=O.O=[N+]([O-])c1ccccc1. The highest BCUT2D eigenvalue weighted by molar-refractivity contribution is 6.15. The van der Waals surface area contributed by atoms with E-state index in [9.17, 15) is 43.7 Å².